The van der Waals surface area contributed by atoms with Crippen LogP contribution in [-0.2, 0) is 14.4 Å². The molecule has 1 N–H and O–H groups in total. The number of ether oxygens (including phenoxy) is 1. The third-order valence-corrected chi connectivity index (χ3v) is 4.87. The fraction of sp³-hybridized carbons (Fsp3) is 0.875. The van der Waals surface area contributed by atoms with E-state index in [0.717, 1.165) is 64.6 Å². The van der Waals surface area contributed by atoms with Crippen LogP contribution in [0.5, 0.6) is 0 Å². The summed E-state index contributed by atoms with van der Waals surface area (Å²) in [5.41, 5.74) is 2.54. The Bertz CT molecular complexity index is 420. The van der Waals surface area contributed by atoms with E-state index < -0.39 is 0 Å². The smallest absolute Gasteiger partial charge is 0.320 e. The van der Waals surface area contributed by atoms with E-state index in [1.165, 1.54) is 0 Å². The molecular formula is C16H27N3O4. The van der Waals surface area contributed by atoms with Crippen molar-refractivity contribution in [3.8, 4) is 0 Å². The summed E-state index contributed by atoms with van der Waals surface area (Å²) in [5, 5.41) is 0. The lowest BCUT2D eigenvalue weighted by Crippen LogP contribution is -2.50. The second-order valence-electron chi connectivity index (χ2n) is 6.64. The van der Waals surface area contributed by atoms with Crippen molar-refractivity contribution in [3.05, 3.63) is 0 Å². The van der Waals surface area contributed by atoms with E-state index in [0.29, 0.717) is 13.2 Å². The van der Waals surface area contributed by atoms with Crippen LogP contribution in [0.25, 0.3) is 0 Å². The summed E-state index contributed by atoms with van der Waals surface area (Å²) in [6.45, 7) is 3.59. The number of amides is 3. The van der Waals surface area contributed by atoms with Gasteiger partial charge >= 0.3 is 6.03 Å². The molecule has 0 radical (unpaired) electrons. The quantitative estimate of drug-likeness (QED) is 0.798. The summed E-state index contributed by atoms with van der Waals surface area (Å²) >= 11 is 0. The molecule has 3 aliphatic rings. The molecule has 130 valence electrons. The highest BCUT2D eigenvalue weighted by molar-refractivity contribution is 5.80. The van der Waals surface area contributed by atoms with Crippen molar-refractivity contribution in [2.45, 2.75) is 51.2 Å². The number of carbonyl (C=O) groups excluding carboxylic acids is 2. The highest BCUT2D eigenvalue weighted by atomic mass is 16.8. The Morgan fingerprint density at radius 1 is 0.957 bits per heavy atom. The van der Waals surface area contributed by atoms with Crippen LogP contribution in [0.3, 0.4) is 0 Å². The number of nitrogens with zero attached hydrogens (tertiary/aromatic N) is 2. The molecular weight excluding hydrogens is 298 g/mol. The first kappa shape index (κ1) is 16.5. The molecule has 0 saturated carbocycles. The molecule has 2 atom stereocenters. The zero-order chi connectivity index (χ0) is 16.1. The van der Waals surface area contributed by atoms with Crippen molar-refractivity contribution in [3.63, 3.8) is 0 Å². The number of hydrogen-bond acceptors (Lipinski definition) is 4. The molecule has 3 heterocycles. The number of hydrogen-bond donors (Lipinski definition) is 1. The zero-order valence-electron chi connectivity index (χ0n) is 13.7. The number of urea groups is 1. The van der Waals surface area contributed by atoms with Gasteiger partial charge in [0.05, 0.1) is 5.92 Å². The Kier molecular flexibility index (Phi) is 5.72. The molecule has 3 fully saturated rings. The first-order chi connectivity index (χ1) is 11.2. The largest absolute Gasteiger partial charge is 0.350 e. The maximum absolute atomic E-state index is 12.4. The van der Waals surface area contributed by atoms with E-state index in [4.69, 9.17) is 9.57 Å². The number of hydroxylamine groups is 1. The molecule has 3 amide bonds. The topological polar surface area (TPSA) is 71.1 Å². The standard InChI is InChI=1S/C16H27N3O4/c20-15(17-23-14-7-1-4-11-22-14)13-6-5-10-19(12-13)16(21)18-8-2-3-9-18/h13-14H,1-12H2,(H,17,20). The molecule has 0 aromatic heterocycles. The number of likely N-dealkylation sites (tertiary alicyclic amines) is 2. The first-order valence-corrected chi connectivity index (χ1v) is 8.85. The van der Waals surface area contributed by atoms with Crippen molar-refractivity contribution < 1.29 is 19.2 Å². The third kappa shape index (κ3) is 4.35. The molecule has 3 aliphatic heterocycles. The Balaban J connectivity index is 1.45. The Hall–Kier alpha value is -1.34. The molecule has 2 unspecified atom stereocenters. The molecule has 0 bridgehead atoms. The highest BCUT2D eigenvalue weighted by Gasteiger charge is 2.32. The monoisotopic (exact) mass is 325 g/mol. The normalized spacial score (nSPS) is 28.7. The van der Waals surface area contributed by atoms with Crippen LogP contribution in [0.2, 0.25) is 0 Å². The Morgan fingerprint density at radius 3 is 2.48 bits per heavy atom. The summed E-state index contributed by atoms with van der Waals surface area (Å²) in [5.74, 6) is -0.336. The average Bonchev–Trinajstić information content (AvgIpc) is 3.14. The van der Waals surface area contributed by atoms with E-state index in [-0.39, 0.29) is 24.1 Å². The van der Waals surface area contributed by atoms with Crippen LogP contribution < -0.4 is 5.48 Å². The fourth-order valence-corrected chi connectivity index (χ4v) is 3.48. The second-order valence-corrected chi connectivity index (χ2v) is 6.64. The van der Waals surface area contributed by atoms with Gasteiger partial charge in [0.25, 0.3) is 0 Å². The summed E-state index contributed by atoms with van der Waals surface area (Å²) in [6, 6.07) is 0.0801. The first-order valence-electron chi connectivity index (χ1n) is 8.85. The average molecular weight is 325 g/mol. The maximum atomic E-state index is 12.4. The molecule has 7 nitrogen and oxygen atoms in total. The number of rotatable bonds is 3. The number of piperidine rings is 1. The lowest BCUT2D eigenvalue weighted by molar-refractivity contribution is -0.202. The number of carbonyl (C=O) groups is 2. The zero-order valence-corrected chi connectivity index (χ0v) is 13.7. The van der Waals surface area contributed by atoms with Crippen molar-refractivity contribution >= 4 is 11.9 Å². The summed E-state index contributed by atoms with van der Waals surface area (Å²) in [6.07, 6.45) is 6.40. The summed E-state index contributed by atoms with van der Waals surface area (Å²) in [7, 11) is 0. The minimum Gasteiger partial charge on any atom is -0.350 e. The maximum Gasteiger partial charge on any atom is 0.320 e. The van der Waals surface area contributed by atoms with Crippen molar-refractivity contribution in [1.82, 2.24) is 15.3 Å². The highest BCUT2D eigenvalue weighted by Crippen LogP contribution is 2.20. The fourth-order valence-electron chi connectivity index (χ4n) is 3.48. The van der Waals surface area contributed by atoms with Gasteiger partial charge in [-0.15, -0.1) is 0 Å². The van der Waals surface area contributed by atoms with Crippen molar-refractivity contribution in [1.29, 1.82) is 0 Å². The van der Waals surface area contributed by atoms with Crippen molar-refractivity contribution in [2.24, 2.45) is 5.92 Å². The molecule has 0 aliphatic carbocycles. The van der Waals surface area contributed by atoms with Gasteiger partial charge in [-0.2, -0.15) is 0 Å². The third-order valence-electron chi connectivity index (χ3n) is 4.87. The van der Waals surface area contributed by atoms with Gasteiger partial charge in [-0.25, -0.2) is 15.1 Å². The van der Waals surface area contributed by atoms with Crippen LogP contribution in [0, 0.1) is 5.92 Å². The minimum atomic E-state index is -0.335. The summed E-state index contributed by atoms with van der Waals surface area (Å²) < 4.78 is 5.43. The SMILES string of the molecule is O=C(NOC1CCCCO1)C1CCCN(C(=O)N2CCCC2)C1. The van der Waals surface area contributed by atoms with Gasteiger partial charge in [-0.05, 0) is 38.5 Å². The van der Waals surface area contributed by atoms with E-state index in [1.807, 2.05) is 9.80 Å². The second kappa shape index (κ2) is 7.97. The van der Waals surface area contributed by atoms with Crippen LogP contribution in [0.1, 0.15) is 44.9 Å². The number of nitrogens with one attached hydrogen (secondary N) is 1. The van der Waals surface area contributed by atoms with E-state index in [1.54, 1.807) is 0 Å². The van der Waals surface area contributed by atoms with Gasteiger partial charge < -0.3 is 14.5 Å². The Morgan fingerprint density at radius 2 is 1.74 bits per heavy atom. The predicted molar refractivity (Wildman–Crippen MR) is 83.3 cm³/mol. The molecule has 3 rings (SSSR count). The molecule has 7 heteroatoms. The van der Waals surface area contributed by atoms with Gasteiger partial charge in [0.1, 0.15) is 0 Å². The van der Waals surface area contributed by atoms with Gasteiger partial charge in [-0.1, -0.05) is 0 Å². The summed E-state index contributed by atoms with van der Waals surface area (Å²) in [4.78, 5) is 33.8. The van der Waals surface area contributed by atoms with Gasteiger partial charge in [-0.3, -0.25) is 4.79 Å². The molecule has 0 spiro atoms. The van der Waals surface area contributed by atoms with Crippen LogP contribution in [-0.4, -0.2) is 60.8 Å². The van der Waals surface area contributed by atoms with E-state index in [9.17, 15) is 9.59 Å². The van der Waals surface area contributed by atoms with Crippen LogP contribution in [0.15, 0.2) is 0 Å². The lowest BCUT2D eigenvalue weighted by atomic mass is 9.98. The van der Waals surface area contributed by atoms with E-state index in [2.05, 4.69) is 5.48 Å². The van der Waals surface area contributed by atoms with Gasteiger partial charge in [0.15, 0.2) is 6.29 Å². The van der Waals surface area contributed by atoms with E-state index >= 15 is 0 Å². The van der Waals surface area contributed by atoms with Crippen molar-refractivity contribution in [2.75, 3.05) is 32.8 Å². The van der Waals surface area contributed by atoms with Gasteiger partial charge in [0.2, 0.25) is 5.91 Å². The lowest BCUT2D eigenvalue weighted by Gasteiger charge is -2.34. The molecule has 0 aromatic rings. The van der Waals surface area contributed by atoms with Crippen LogP contribution >= 0.6 is 0 Å². The molecule has 23 heavy (non-hydrogen) atoms. The predicted octanol–water partition coefficient (Wildman–Crippen LogP) is 1.49. The Labute approximate surface area is 137 Å². The van der Waals surface area contributed by atoms with Gasteiger partial charge in [0, 0.05) is 39.2 Å². The molecule has 0 aromatic carbocycles. The minimum absolute atomic E-state index is 0.0801. The van der Waals surface area contributed by atoms with Crippen LogP contribution in [0.4, 0.5) is 4.79 Å². The molecule has 3 saturated heterocycles.